The van der Waals surface area contributed by atoms with Crippen molar-refractivity contribution in [2.45, 2.75) is 33.4 Å². The number of carbonyl (C=O) groups excluding carboxylic acids is 2. The van der Waals surface area contributed by atoms with E-state index >= 15 is 0 Å². The number of anilines is 1. The zero-order chi connectivity index (χ0) is 24.8. The number of carbonyl (C=O) groups is 2. The molecule has 0 spiro atoms. The highest BCUT2D eigenvalue weighted by Crippen LogP contribution is 2.28. The summed E-state index contributed by atoms with van der Waals surface area (Å²) in [6.07, 6.45) is 1.03. The molecule has 2 rings (SSSR count). The molecule has 0 aliphatic heterocycles. The van der Waals surface area contributed by atoms with Gasteiger partial charge in [-0.25, -0.2) is 8.42 Å². The lowest BCUT2D eigenvalue weighted by molar-refractivity contribution is -0.139. The maximum atomic E-state index is 13.5. The Morgan fingerprint density at radius 3 is 2.45 bits per heavy atom. The average molecular weight is 496 g/mol. The molecule has 2 aromatic rings. The molecular formula is C23H30ClN3O5S. The van der Waals surface area contributed by atoms with Crippen LogP contribution in [0.5, 0.6) is 5.75 Å². The second-order valence-electron chi connectivity index (χ2n) is 7.60. The standard InChI is InChI=1S/C23H30ClN3O5S/c1-6-25-23(29)17(3)26(14-18-9-7-10-19(13-18)32-4)22(28)15-27(33(5,30)31)21-12-8-11-20(24)16(21)2/h7-13,17H,6,14-15H2,1-5H3,(H,25,29)/t17-/m1/s1. The van der Waals surface area contributed by atoms with E-state index in [0.29, 0.717) is 28.6 Å². The molecule has 2 amide bonds. The normalized spacial score (nSPS) is 12.1. The highest BCUT2D eigenvalue weighted by atomic mass is 35.5. The maximum Gasteiger partial charge on any atom is 0.244 e. The Labute approximate surface area is 200 Å². The van der Waals surface area contributed by atoms with Crippen LogP contribution in [-0.4, -0.2) is 57.6 Å². The van der Waals surface area contributed by atoms with E-state index in [1.165, 1.54) is 12.0 Å². The van der Waals surface area contributed by atoms with Crippen LogP contribution in [0.4, 0.5) is 5.69 Å². The number of halogens is 1. The first-order valence-electron chi connectivity index (χ1n) is 10.4. The molecule has 0 aliphatic rings. The van der Waals surface area contributed by atoms with Gasteiger partial charge in [-0.2, -0.15) is 0 Å². The molecular weight excluding hydrogens is 466 g/mol. The SMILES string of the molecule is CCNC(=O)[C@@H](C)N(Cc1cccc(OC)c1)C(=O)CN(c1cccc(Cl)c1C)S(C)(=O)=O. The minimum absolute atomic E-state index is 0.0977. The molecule has 0 radical (unpaired) electrons. The van der Waals surface area contributed by atoms with Crippen LogP contribution in [0.15, 0.2) is 42.5 Å². The van der Waals surface area contributed by atoms with E-state index in [2.05, 4.69) is 5.32 Å². The molecule has 180 valence electrons. The molecule has 0 bridgehead atoms. The third-order valence-electron chi connectivity index (χ3n) is 5.19. The predicted octanol–water partition coefficient (Wildman–Crippen LogP) is 2.98. The Morgan fingerprint density at radius 1 is 1.18 bits per heavy atom. The number of ether oxygens (including phenoxy) is 1. The van der Waals surface area contributed by atoms with Crippen LogP contribution in [0.3, 0.4) is 0 Å². The third kappa shape index (κ3) is 6.85. The molecule has 0 saturated heterocycles. The Bertz CT molecular complexity index is 1110. The summed E-state index contributed by atoms with van der Waals surface area (Å²) >= 11 is 6.19. The van der Waals surface area contributed by atoms with Crippen LogP contribution < -0.4 is 14.4 Å². The summed E-state index contributed by atoms with van der Waals surface area (Å²) in [5.74, 6) is -0.252. The van der Waals surface area contributed by atoms with Crippen LogP contribution in [-0.2, 0) is 26.2 Å². The lowest BCUT2D eigenvalue weighted by Gasteiger charge is -2.32. The number of nitrogens with zero attached hydrogens (tertiary/aromatic N) is 2. The molecule has 10 heteroatoms. The predicted molar refractivity (Wildman–Crippen MR) is 130 cm³/mol. The molecule has 0 aliphatic carbocycles. The molecule has 33 heavy (non-hydrogen) atoms. The molecule has 0 aromatic heterocycles. The van der Waals surface area contributed by atoms with Gasteiger partial charge in [0.15, 0.2) is 0 Å². The number of likely N-dealkylation sites (N-methyl/N-ethyl adjacent to an activating group) is 1. The molecule has 8 nitrogen and oxygen atoms in total. The number of hydrogen-bond donors (Lipinski definition) is 1. The van der Waals surface area contributed by atoms with Gasteiger partial charge in [0, 0.05) is 18.1 Å². The van der Waals surface area contributed by atoms with Gasteiger partial charge < -0.3 is 15.0 Å². The van der Waals surface area contributed by atoms with Crippen LogP contribution >= 0.6 is 11.6 Å². The first-order valence-corrected chi connectivity index (χ1v) is 12.6. The number of hydrogen-bond acceptors (Lipinski definition) is 5. The van der Waals surface area contributed by atoms with Crippen molar-refractivity contribution in [3.05, 3.63) is 58.6 Å². The summed E-state index contributed by atoms with van der Waals surface area (Å²) in [5.41, 5.74) is 1.59. The second kappa shape index (κ2) is 11.4. The Hall–Kier alpha value is -2.78. The van der Waals surface area contributed by atoms with E-state index in [0.717, 1.165) is 16.1 Å². The minimum Gasteiger partial charge on any atom is -0.497 e. The Balaban J connectivity index is 2.44. The Kier molecular flexibility index (Phi) is 9.13. The molecule has 0 heterocycles. The van der Waals surface area contributed by atoms with Crippen molar-refractivity contribution >= 4 is 39.1 Å². The first-order chi connectivity index (χ1) is 15.5. The summed E-state index contributed by atoms with van der Waals surface area (Å²) in [6.45, 7) is 5.10. The number of sulfonamides is 1. The molecule has 0 fully saturated rings. The smallest absolute Gasteiger partial charge is 0.244 e. The van der Waals surface area contributed by atoms with Crippen LogP contribution in [0.25, 0.3) is 0 Å². The summed E-state index contributed by atoms with van der Waals surface area (Å²) in [6, 6.07) is 11.2. The van der Waals surface area contributed by atoms with Crippen molar-refractivity contribution in [3.63, 3.8) is 0 Å². The van der Waals surface area contributed by atoms with Gasteiger partial charge in [-0.3, -0.25) is 13.9 Å². The van der Waals surface area contributed by atoms with Crippen LogP contribution in [0.1, 0.15) is 25.0 Å². The van der Waals surface area contributed by atoms with E-state index in [-0.39, 0.29) is 12.5 Å². The van der Waals surface area contributed by atoms with Crippen molar-refractivity contribution in [3.8, 4) is 5.75 Å². The molecule has 1 atom stereocenters. The summed E-state index contributed by atoms with van der Waals surface area (Å²) in [7, 11) is -2.28. The van der Waals surface area contributed by atoms with E-state index in [9.17, 15) is 18.0 Å². The van der Waals surface area contributed by atoms with Gasteiger partial charge >= 0.3 is 0 Å². The van der Waals surface area contributed by atoms with Crippen molar-refractivity contribution in [2.24, 2.45) is 0 Å². The van der Waals surface area contributed by atoms with Gasteiger partial charge in [0.1, 0.15) is 18.3 Å². The van der Waals surface area contributed by atoms with E-state index in [1.54, 1.807) is 57.2 Å². The highest BCUT2D eigenvalue weighted by Gasteiger charge is 2.30. The fourth-order valence-electron chi connectivity index (χ4n) is 3.33. The van der Waals surface area contributed by atoms with E-state index < -0.39 is 28.5 Å². The third-order valence-corrected chi connectivity index (χ3v) is 6.73. The quantitative estimate of drug-likeness (QED) is 0.546. The van der Waals surface area contributed by atoms with Gasteiger partial charge in [0.05, 0.1) is 19.1 Å². The molecule has 2 aromatic carbocycles. The average Bonchev–Trinajstić information content (AvgIpc) is 2.77. The summed E-state index contributed by atoms with van der Waals surface area (Å²) in [4.78, 5) is 27.4. The van der Waals surface area contributed by atoms with E-state index in [1.807, 2.05) is 6.07 Å². The van der Waals surface area contributed by atoms with Gasteiger partial charge in [-0.15, -0.1) is 0 Å². The number of rotatable bonds is 10. The largest absolute Gasteiger partial charge is 0.497 e. The van der Waals surface area contributed by atoms with Gasteiger partial charge in [-0.05, 0) is 56.2 Å². The minimum atomic E-state index is -3.82. The van der Waals surface area contributed by atoms with Gasteiger partial charge in [0.25, 0.3) is 0 Å². The van der Waals surface area contributed by atoms with Crippen LogP contribution in [0, 0.1) is 6.92 Å². The monoisotopic (exact) mass is 495 g/mol. The summed E-state index contributed by atoms with van der Waals surface area (Å²) in [5, 5.41) is 3.10. The maximum absolute atomic E-state index is 13.5. The highest BCUT2D eigenvalue weighted by molar-refractivity contribution is 7.92. The zero-order valence-electron chi connectivity index (χ0n) is 19.5. The number of amides is 2. The molecule has 0 unspecified atom stereocenters. The fourth-order valence-corrected chi connectivity index (χ4v) is 4.40. The number of methoxy groups -OCH3 is 1. The lowest BCUT2D eigenvalue weighted by atomic mass is 10.1. The number of benzene rings is 2. The Morgan fingerprint density at radius 2 is 1.85 bits per heavy atom. The number of nitrogens with one attached hydrogen (secondary N) is 1. The van der Waals surface area contributed by atoms with Crippen molar-refractivity contribution in [1.82, 2.24) is 10.2 Å². The van der Waals surface area contributed by atoms with Crippen molar-refractivity contribution < 1.29 is 22.7 Å². The zero-order valence-corrected chi connectivity index (χ0v) is 21.0. The summed E-state index contributed by atoms with van der Waals surface area (Å²) < 4.78 is 31.5. The topological polar surface area (TPSA) is 96.0 Å². The van der Waals surface area contributed by atoms with E-state index in [4.69, 9.17) is 16.3 Å². The molecule has 1 N–H and O–H groups in total. The van der Waals surface area contributed by atoms with Crippen molar-refractivity contribution in [2.75, 3.05) is 30.8 Å². The van der Waals surface area contributed by atoms with Crippen molar-refractivity contribution in [1.29, 1.82) is 0 Å². The van der Waals surface area contributed by atoms with Gasteiger partial charge in [0.2, 0.25) is 21.8 Å². The van der Waals surface area contributed by atoms with Crippen LogP contribution in [0.2, 0.25) is 5.02 Å². The first kappa shape index (κ1) is 26.5. The van der Waals surface area contributed by atoms with Gasteiger partial charge in [-0.1, -0.05) is 29.8 Å². The second-order valence-corrected chi connectivity index (χ2v) is 9.91. The fraction of sp³-hybridized carbons (Fsp3) is 0.391. The molecule has 0 saturated carbocycles. The lowest BCUT2D eigenvalue weighted by Crippen LogP contribution is -2.51.